The standard InChI is InChI=1S/C18H20ClN7O/c1-4-15(27)23-12-6-5-7-13(8-12)24-17-16(19)11(2)22-18(26-17)25-14(9-20)10-21-3/h4-10,20-21H,1H2,2-3H3,(H,23,27)(H2,22,24,25,26)/b14-10+,20-9?. The predicted octanol–water partition coefficient (Wildman–Crippen LogP) is 3.43. The van der Waals surface area contributed by atoms with Crippen LogP contribution in [0.2, 0.25) is 5.02 Å². The number of aryl methyl sites for hydroxylation is 1. The number of carbonyl (C=O) groups is 1. The van der Waals surface area contributed by atoms with Gasteiger partial charge in [-0.2, -0.15) is 4.98 Å². The van der Waals surface area contributed by atoms with Crippen LogP contribution in [0.25, 0.3) is 0 Å². The van der Waals surface area contributed by atoms with Crippen LogP contribution in [0.15, 0.2) is 48.8 Å². The average molecular weight is 386 g/mol. The van der Waals surface area contributed by atoms with Crippen molar-refractivity contribution in [1.82, 2.24) is 15.3 Å². The number of rotatable bonds is 8. The van der Waals surface area contributed by atoms with Gasteiger partial charge in [0.05, 0.1) is 11.4 Å². The van der Waals surface area contributed by atoms with Crippen LogP contribution in [-0.2, 0) is 4.79 Å². The van der Waals surface area contributed by atoms with Gasteiger partial charge < -0.3 is 26.7 Å². The van der Waals surface area contributed by atoms with Crippen molar-refractivity contribution >= 4 is 46.9 Å². The summed E-state index contributed by atoms with van der Waals surface area (Å²) in [6, 6.07) is 7.09. The minimum atomic E-state index is -0.301. The number of halogens is 1. The molecule has 2 aromatic rings. The van der Waals surface area contributed by atoms with E-state index in [9.17, 15) is 4.79 Å². The number of aromatic nitrogens is 2. The van der Waals surface area contributed by atoms with E-state index in [0.29, 0.717) is 39.6 Å². The molecule has 0 radical (unpaired) electrons. The molecule has 0 bridgehead atoms. The number of allylic oxidation sites excluding steroid dienone is 1. The van der Waals surface area contributed by atoms with Gasteiger partial charge in [0, 0.05) is 30.8 Å². The molecule has 1 heterocycles. The second-order valence-electron chi connectivity index (χ2n) is 5.35. The summed E-state index contributed by atoms with van der Waals surface area (Å²) in [7, 11) is 1.73. The molecule has 0 aliphatic carbocycles. The number of hydrogen-bond acceptors (Lipinski definition) is 7. The fourth-order valence-electron chi connectivity index (χ4n) is 2.10. The van der Waals surface area contributed by atoms with E-state index in [0.717, 1.165) is 6.21 Å². The second kappa shape index (κ2) is 9.35. The maximum atomic E-state index is 11.5. The lowest BCUT2D eigenvalue weighted by Gasteiger charge is -2.13. The molecular weight excluding hydrogens is 366 g/mol. The molecule has 0 saturated carbocycles. The van der Waals surface area contributed by atoms with Crippen molar-refractivity contribution < 1.29 is 4.79 Å². The highest BCUT2D eigenvalue weighted by Crippen LogP contribution is 2.28. The van der Waals surface area contributed by atoms with Crippen LogP contribution in [0.5, 0.6) is 0 Å². The number of nitrogens with zero attached hydrogens (tertiary/aromatic N) is 2. The van der Waals surface area contributed by atoms with Gasteiger partial charge in [-0.15, -0.1) is 0 Å². The summed E-state index contributed by atoms with van der Waals surface area (Å²) in [6.07, 6.45) is 3.95. The topological polar surface area (TPSA) is 115 Å². The monoisotopic (exact) mass is 385 g/mol. The minimum absolute atomic E-state index is 0.292. The van der Waals surface area contributed by atoms with Crippen molar-refractivity contribution in [2.75, 3.05) is 23.0 Å². The van der Waals surface area contributed by atoms with Crippen LogP contribution in [0.4, 0.5) is 23.1 Å². The minimum Gasteiger partial charge on any atom is -0.392 e. The molecule has 0 aliphatic heterocycles. The predicted molar refractivity (Wildman–Crippen MR) is 110 cm³/mol. The molecule has 0 unspecified atom stereocenters. The lowest BCUT2D eigenvalue weighted by Crippen LogP contribution is -2.10. The highest BCUT2D eigenvalue weighted by molar-refractivity contribution is 6.33. The highest BCUT2D eigenvalue weighted by Gasteiger charge is 2.11. The van der Waals surface area contributed by atoms with Crippen LogP contribution in [0, 0.1) is 12.3 Å². The van der Waals surface area contributed by atoms with Crippen LogP contribution < -0.4 is 21.3 Å². The molecule has 1 amide bonds. The molecule has 0 fully saturated rings. The quantitative estimate of drug-likeness (QED) is 0.351. The molecule has 9 heteroatoms. The fraction of sp³-hybridized carbons (Fsp3) is 0.111. The number of amides is 1. The Balaban J connectivity index is 2.29. The largest absolute Gasteiger partial charge is 0.392 e. The lowest BCUT2D eigenvalue weighted by atomic mass is 10.2. The van der Waals surface area contributed by atoms with E-state index in [1.54, 1.807) is 38.4 Å². The van der Waals surface area contributed by atoms with Gasteiger partial charge in [0.25, 0.3) is 0 Å². The van der Waals surface area contributed by atoms with Crippen molar-refractivity contribution in [1.29, 1.82) is 5.41 Å². The molecule has 1 aromatic carbocycles. The zero-order valence-electron chi connectivity index (χ0n) is 14.9. The van der Waals surface area contributed by atoms with E-state index in [-0.39, 0.29) is 5.91 Å². The smallest absolute Gasteiger partial charge is 0.247 e. The van der Waals surface area contributed by atoms with Gasteiger partial charge in [-0.25, -0.2) is 4.98 Å². The third-order valence-electron chi connectivity index (χ3n) is 3.31. The Morgan fingerprint density at radius 3 is 2.67 bits per heavy atom. The first-order valence-corrected chi connectivity index (χ1v) is 8.34. The summed E-state index contributed by atoms with van der Waals surface area (Å²) < 4.78 is 0. The zero-order valence-corrected chi connectivity index (χ0v) is 15.7. The normalized spacial score (nSPS) is 10.7. The van der Waals surface area contributed by atoms with E-state index in [2.05, 4.69) is 37.8 Å². The summed E-state index contributed by atoms with van der Waals surface area (Å²) in [4.78, 5) is 20.1. The number of hydrogen-bond donors (Lipinski definition) is 5. The highest BCUT2D eigenvalue weighted by atomic mass is 35.5. The third kappa shape index (κ3) is 5.55. The van der Waals surface area contributed by atoms with Crippen molar-refractivity contribution in [2.45, 2.75) is 6.92 Å². The zero-order chi connectivity index (χ0) is 19.8. The molecule has 0 aliphatic rings. The number of anilines is 4. The molecule has 0 atom stereocenters. The molecular formula is C18H20ClN7O. The maximum absolute atomic E-state index is 11.5. The Bertz CT molecular complexity index is 895. The van der Waals surface area contributed by atoms with Gasteiger partial charge >= 0.3 is 0 Å². The first-order chi connectivity index (χ1) is 13.0. The van der Waals surface area contributed by atoms with Crippen LogP contribution in [-0.4, -0.2) is 29.1 Å². The molecule has 140 valence electrons. The molecule has 1 aromatic heterocycles. The van der Waals surface area contributed by atoms with Gasteiger partial charge in [-0.1, -0.05) is 24.2 Å². The first kappa shape index (κ1) is 19.9. The van der Waals surface area contributed by atoms with E-state index in [4.69, 9.17) is 17.0 Å². The molecule has 8 nitrogen and oxygen atoms in total. The molecule has 0 saturated heterocycles. The van der Waals surface area contributed by atoms with E-state index >= 15 is 0 Å². The van der Waals surface area contributed by atoms with Crippen LogP contribution >= 0.6 is 11.6 Å². The van der Waals surface area contributed by atoms with Crippen molar-refractivity contribution in [3.8, 4) is 0 Å². The Morgan fingerprint density at radius 2 is 2.00 bits per heavy atom. The van der Waals surface area contributed by atoms with Gasteiger partial charge in [-0.3, -0.25) is 4.79 Å². The summed E-state index contributed by atoms with van der Waals surface area (Å²) in [5.74, 6) is 0.387. The maximum Gasteiger partial charge on any atom is 0.247 e. The van der Waals surface area contributed by atoms with E-state index < -0.39 is 0 Å². The summed E-state index contributed by atoms with van der Waals surface area (Å²) in [6.45, 7) is 5.18. The Labute approximate surface area is 162 Å². The van der Waals surface area contributed by atoms with Gasteiger partial charge in [-0.05, 0) is 31.2 Å². The SMILES string of the molecule is C=CC(=O)Nc1cccc(Nc2nc(N/C(C=N)=C/NC)nc(C)c2Cl)c1. The van der Waals surface area contributed by atoms with Crippen molar-refractivity contribution in [2.24, 2.45) is 0 Å². The Hall–Kier alpha value is -3.39. The fourth-order valence-corrected chi connectivity index (χ4v) is 2.23. The summed E-state index contributed by atoms with van der Waals surface area (Å²) >= 11 is 6.32. The second-order valence-corrected chi connectivity index (χ2v) is 5.73. The van der Waals surface area contributed by atoms with E-state index in [1.165, 1.54) is 6.08 Å². The van der Waals surface area contributed by atoms with Gasteiger partial charge in [0.15, 0.2) is 5.82 Å². The summed E-state index contributed by atoms with van der Waals surface area (Å²) in [5.41, 5.74) is 2.34. The van der Waals surface area contributed by atoms with Gasteiger partial charge in [0.1, 0.15) is 5.02 Å². The summed E-state index contributed by atoms with van der Waals surface area (Å²) in [5, 5.41) is 19.3. The Kier molecular flexibility index (Phi) is 6.90. The van der Waals surface area contributed by atoms with E-state index in [1.807, 2.05) is 6.07 Å². The van der Waals surface area contributed by atoms with Crippen LogP contribution in [0.3, 0.4) is 0 Å². The first-order valence-electron chi connectivity index (χ1n) is 7.96. The molecule has 2 rings (SSSR count). The van der Waals surface area contributed by atoms with Crippen LogP contribution in [0.1, 0.15) is 5.69 Å². The number of benzene rings is 1. The average Bonchev–Trinajstić information content (AvgIpc) is 2.65. The van der Waals surface area contributed by atoms with Crippen molar-refractivity contribution in [3.63, 3.8) is 0 Å². The molecule has 5 N–H and O–H groups in total. The molecule has 27 heavy (non-hydrogen) atoms. The lowest BCUT2D eigenvalue weighted by molar-refractivity contribution is -0.111. The van der Waals surface area contributed by atoms with Crippen molar-refractivity contribution in [3.05, 3.63) is 59.5 Å². The molecule has 0 spiro atoms. The third-order valence-corrected chi connectivity index (χ3v) is 3.76. The number of nitrogens with one attached hydrogen (secondary N) is 5. The van der Waals surface area contributed by atoms with Gasteiger partial charge in [0.2, 0.25) is 11.9 Å². The Morgan fingerprint density at radius 1 is 1.26 bits per heavy atom. The number of carbonyl (C=O) groups excluding carboxylic acids is 1.